The van der Waals surface area contributed by atoms with Crippen LogP contribution in [0.1, 0.15) is 49.3 Å². The summed E-state index contributed by atoms with van der Waals surface area (Å²) in [4.78, 5) is 12.5. The highest BCUT2D eigenvalue weighted by atomic mass is 32.2. The normalized spacial score (nSPS) is 16.6. The van der Waals surface area contributed by atoms with E-state index in [4.69, 9.17) is 4.74 Å². The van der Waals surface area contributed by atoms with Gasteiger partial charge in [0.05, 0.1) is 11.3 Å². The number of hydrogen-bond acceptors (Lipinski definition) is 4. The van der Waals surface area contributed by atoms with E-state index in [2.05, 4.69) is 0 Å². The van der Waals surface area contributed by atoms with Crippen molar-refractivity contribution in [1.82, 2.24) is 0 Å². The first-order valence-electron chi connectivity index (χ1n) is 9.21. The van der Waals surface area contributed by atoms with Gasteiger partial charge in [0.2, 0.25) is 0 Å². The Morgan fingerprint density at radius 1 is 1.00 bits per heavy atom. The quantitative estimate of drug-likeness (QED) is 0.676. The maximum absolute atomic E-state index is 14.4. The molecule has 0 aromatic heterocycles. The molecule has 2 aromatic carbocycles. The minimum absolute atomic E-state index is 0.0121. The highest BCUT2D eigenvalue weighted by Gasteiger charge is 2.34. The van der Waals surface area contributed by atoms with Gasteiger partial charge in [-0.2, -0.15) is 0 Å². The zero-order chi connectivity index (χ0) is 19.3. The lowest BCUT2D eigenvalue weighted by Gasteiger charge is -2.24. The molecule has 144 valence electrons. The molecule has 0 aliphatic heterocycles. The molecular formula is C21H23FO4S. The van der Waals surface area contributed by atoms with Crippen LogP contribution in [-0.4, -0.2) is 20.5 Å². The minimum Gasteiger partial charge on any atom is -0.462 e. The standard InChI is InChI=1S/C21H23FO4S/c22-19-14-8-7-13-18(19)20(27(24,25)17-11-5-2-6-12-17)15-21(23)26-16-9-3-1-4-10-16/h2,5-8,11-14,16,20H,1,3-4,9-10,15H2. The van der Waals surface area contributed by atoms with Crippen molar-refractivity contribution in [2.24, 2.45) is 0 Å². The van der Waals surface area contributed by atoms with E-state index in [1.807, 2.05) is 0 Å². The topological polar surface area (TPSA) is 60.4 Å². The fourth-order valence-electron chi connectivity index (χ4n) is 3.47. The molecule has 0 heterocycles. The predicted octanol–water partition coefficient (Wildman–Crippen LogP) is 4.61. The van der Waals surface area contributed by atoms with E-state index in [1.165, 1.54) is 30.3 Å². The van der Waals surface area contributed by atoms with Gasteiger partial charge in [-0.05, 0) is 43.9 Å². The van der Waals surface area contributed by atoms with E-state index < -0.39 is 33.3 Å². The predicted molar refractivity (Wildman–Crippen MR) is 100 cm³/mol. The second-order valence-corrected chi connectivity index (χ2v) is 8.95. The van der Waals surface area contributed by atoms with Crippen LogP contribution < -0.4 is 0 Å². The number of esters is 1. The van der Waals surface area contributed by atoms with Gasteiger partial charge in [-0.3, -0.25) is 4.79 Å². The van der Waals surface area contributed by atoms with Crippen LogP contribution in [-0.2, 0) is 19.4 Å². The highest BCUT2D eigenvalue weighted by molar-refractivity contribution is 7.91. The Kier molecular flexibility index (Phi) is 6.26. The second kappa shape index (κ2) is 8.65. The van der Waals surface area contributed by atoms with Crippen molar-refractivity contribution in [3.05, 3.63) is 66.0 Å². The fourth-order valence-corrected chi connectivity index (χ4v) is 5.21. The second-order valence-electron chi connectivity index (χ2n) is 6.82. The number of rotatable bonds is 6. The fraction of sp³-hybridized carbons (Fsp3) is 0.381. The maximum atomic E-state index is 14.4. The molecule has 1 atom stereocenters. The third-order valence-electron chi connectivity index (χ3n) is 4.90. The van der Waals surface area contributed by atoms with Gasteiger partial charge < -0.3 is 4.74 Å². The van der Waals surface area contributed by atoms with Gasteiger partial charge in [0.1, 0.15) is 17.2 Å². The molecule has 2 aromatic rings. The molecule has 0 saturated heterocycles. The number of ether oxygens (including phenoxy) is 1. The largest absolute Gasteiger partial charge is 0.462 e. The first kappa shape index (κ1) is 19.5. The third kappa shape index (κ3) is 4.75. The van der Waals surface area contributed by atoms with E-state index >= 15 is 0 Å². The molecule has 27 heavy (non-hydrogen) atoms. The number of halogens is 1. The summed E-state index contributed by atoms with van der Waals surface area (Å²) in [7, 11) is -3.95. The van der Waals surface area contributed by atoms with Crippen LogP contribution in [0.2, 0.25) is 0 Å². The summed E-state index contributed by atoms with van der Waals surface area (Å²) in [5.74, 6) is -1.25. The molecule has 0 radical (unpaired) electrons. The van der Waals surface area contributed by atoms with Crippen molar-refractivity contribution >= 4 is 15.8 Å². The summed E-state index contributed by atoms with van der Waals surface area (Å²) in [6, 6.07) is 13.5. The smallest absolute Gasteiger partial charge is 0.307 e. The minimum atomic E-state index is -3.95. The lowest BCUT2D eigenvalue weighted by molar-refractivity contribution is -0.150. The molecule has 6 heteroatoms. The van der Waals surface area contributed by atoms with E-state index in [0.29, 0.717) is 0 Å². The summed E-state index contributed by atoms with van der Waals surface area (Å²) < 4.78 is 46.1. The van der Waals surface area contributed by atoms with Crippen LogP contribution in [0, 0.1) is 5.82 Å². The number of benzene rings is 2. The van der Waals surface area contributed by atoms with Crippen molar-refractivity contribution < 1.29 is 22.3 Å². The zero-order valence-electron chi connectivity index (χ0n) is 15.0. The summed E-state index contributed by atoms with van der Waals surface area (Å²) in [6.45, 7) is 0. The molecule has 1 unspecified atom stereocenters. The Labute approximate surface area is 159 Å². The first-order chi connectivity index (χ1) is 13.0. The van der Waals surface area contributed by atoms with E-state index in [0.717, 1.165) is 32.1 Å². The van der Waals surface area contributed by atoms with Crippen LogP contribution in [0.15, 0.2) is 59.5 Å². The molecular weight excluding hydrogens is 367 g/mol. The number of carbonyl (C=O) groups is 1. The average molecular weight is 390 g/mol. The van der Waals surface area contributed by atoms with Gasteiger partial charge in [0, 0.05) is 5.56 Å². The van der Waals surface area contributed by atoms with Gasteiger partial charge >= 0.3 is 5.97 Å². The molecule has 0 spiro atoms. The molecule has 0 N–H and O–H groups in total. The third-order valence-corrected chi connectivity index (χ3v) is 7.00. The van der Waals surface area contributed by atoms with Gasteiger partial charge in [-0.25, -0.2) is 12.8 Å². The molecule has 1 fully saturated rings. The van der Waals surface area contributed by atoms with Crippen molar-refractivity contribution in [1.29, 1.82) is 0 Å². The monoisotopic (exact) mass is 390 g/mol. The van der Waals surface area contributed by atoms with E-state index in [1.54, 1.807) is 24.3 Å². The summed E-state index contributed by atoms with van der Waals surface area (Å²) in [6.07, 6.45) is 4.12. The summed E-state index contributed by atoms with van der Waals surface area (Å²) in [5.41, 5.74) is -0.0121. The van der Waals surface area contributed by atoms with Gasteiger partial charge in [-0.15, -0.1) is 0 Å². The van der Waals surface area contributed by atoms with E-state index in [-0.39, 0.29) is 16.6 Å². The molecule has 1 aliphatic carbocycles. The van der Waals surface area contributed by atoms with Gasteiger partial charge in [0.15, 0.2) is 9.84 Å². The van der Waals surface area contributed by atoms with Gasteiger partial charge in [-0.1, -0.05) is 42.8 Å². The lowest BCUT2D eigenvalue weighted by atomic mass is 9.98. The lowest BCUT2D eigenvalue weighted by Crippen LogP contribution is -2.25. The Bertz CT molecular complexity index is 874. The molecule has 4 nitrogen and oxygen atoms in total. The highest BCUT2D eigenvalue weighted by Crippen LogP contribution is 2.34. The Balaban J connectivity index is 1.89. The van der Waals surface area contributed by atoms with Crippen molar-refractivity contribution in [2.45, 2.75) is 54.8 Å². The summed E-state index contributed by atoms with van der Waals surface area (Å²) in [5, 5.41) is -1.32. The Hall–Kier alpha value is -2.21. The molecule has 3 rings (SSSR count). The van der Waals surface area contributed by atoms with Crippen LogP contribution in [0.4, 0.5) is 4.39 Å². The Morgan fingerprint density at radius 2 is 1.63 bits per heavy atom. The van der Waals surface area contributed by atoms with Gasteiger partial charge in [0.25, 0.3) is 0 Å². The van der Waals surface area contributed by atoms with Crippen LogP contribution in [0.25, 0.3) is 0 Å². The molecule has 1 aliphatic rings. The molecule has 0 bridgehead atoms. The first-order valence-corrected chi connectivity index (χ1v) is 10.8. The number of sulfone groups is 1. The SMILES string of the molecule is O=C(CC(c1ccccc1F)S(=O)(=O)c1ccccc1)OC1CCCCC1. The number of hydrogen-bond donors (Lipinski definition) is 0. The Morgan fingerprint density at radius 3 is 2.30 bits per heavy atom. The van der Waals surface area contributed by atoms with Crippen molar-refractivity contribution in [2.75, 3.05) is 0 Å². The molecule has 0 amide bonds. The average Bonchev–Trinajstić information content (AvgIpc) is 2.68. The van der Waals surface area contributed by atoms with Crippen molar-refractivity contribution in [3.63, 3.8) is 0 Å². The van der Waals surface area contributed by atoms with Crippen LogP contribution >= 0.6 is 0 Å². The maximum Gasteiger partial charge on any atom is 0.307 e. The van der Waals surface area contributed by atoms with E-state index in [9.17, 15) is 17.6 Å². The van der Waals surface area contributed by atoms with Crippen molar-refractivity contribution in [3.8, 4) is 0 Å². The van der Waals surface area contributed by atoms with Crippen LogP contribution in [0.5, 0.6) is 0 Å². The number of carbonyl (C=O) groups excluding carboxylic acids is 1. The molecule has 1 saturated carbocycles. The summed E-state index contributed by atoms with van der Waals surface area (Å²) >= 11 is 0. The van der Waals surface area contributed by atoms with Crippen LogP contribution in [0.3, 0.4) is 0 Å². The zero-order valence-corrected chi connectivity index (χ0v) is 15.8.